The molecule has 0 radical (unpaired) electrons. The number of imidazole rings is 1. The summed E-state index contributed by atoms with van der Waals surface area (Å²) in [6, 6.07) is 3.97. The minimum atomic E-state index is 0.449. The third kappa shape index (κ3) is 2.55. The van der Waals surface area contributed by atoms with Crippen molar-refractivity contribution in [2.24, 2.45) is 5.73 Å². The summed E-state index contributed by atoms with van der Waals surface area (Å²) in [6.45, 7) is 3.66. The van der Waals surface area contributed by atoms with Gasteiger partial charge in [0.05, 0.1) is 11.9 Å². The van der Waals surface area contributed by atoms with Gasteiger partial charge in [0.1, 0.15) is 5.82 Å². The fraction of sp³-hybridized carbons (Fsp3) is 0.500. The van der Waals surface area contributed by atoms with Crippen molar-refractivity contribution >= 4 is 11.5 Å². The molecule has 0 unspecified atom stereocenters. The molecule has 5 nitrogen and oxygen atoms in total. The van der Waals surface area contributed by atoms with Crippen LogP contribution in [0.2, 0.25) is 0 Å². The average molecular weight is 233 g/mol. The molecule has 0 saturated carbocycles. The number of hydrogen-bond donors (Lipinski definition) is 1. The molecule has 0 fully saturated rings. The summed E-state index contributed by atoms with van der Waals surface area (Å²) in [5.41, 5.74) is 7.28. The molecule has 5 heteroatoms. The van der Waals surface area contributed by atoms with E-state index in [1.165, 1.54) is 12.8 Å². The van der Waals surface area contributed by atoms with Crippen molar-refractivity contribution in [3.8, 4) is 0 Å². The molecule has 0 atom stereocenters. The van der Waals surface area contributed by atoms with Crippen LogP contribution in [-0.2, 0) is 6.54 Å². The predicted molar refractivity (Wildman–Crippen MR) is 69.1 cm³/mol. The topological polar surface area (TPSA) is 59.5 Å². The highest BCUT2D eigenvalue weighted by molar-refractivity contribution is 5.46. The fourth-order valence-electron chi connectivity index (χ4n) is 1.73. The maximum absolute atomic E-state index is 5.56. The van der Waals surface area contributed by atoms with Crippen molar-refractivity contribution < 1.29 is 0 Å². The zero-order valence-electron chi connectivity index (χ0n) is 10.4. The van der Waals surface area contributed by atoms with Gasteiger partial charge in [-0.05, 0) is 18.6 Å². The second kappa shape index (κ2) is 5.14. The molecule has 0 aliphatic rings. The summed E-state index contributed by atoms with van der Waals surface area (Å²) in [4.78, 5) is 6.51. The van der Waals surface area contributed by atoms with Gasteiger partial charge < -0.3 is 10.6 Å². The van der Waals surface area contributed by atoms with Gasteiger partial charge in [0.25, 0.3) is 0 Å². The summed E-state index contributed by atoms with van der Waals surface area (Å²) in [5.74, 6) is 0.965. The Bertz CT molecular complexity index is 491. The Morgan fingerprint density at radius 1 is 1.41 bits per heavy atom. The number of aromatic nitrogens is 3. The Morgan fingerprint density at radius 2 is 2.24 bits per heavy atom. The van der Waals surface area contributed by atoms with Crippen molar-refractivity contribution in [2.45, 2.75) is 26.3 Å². The van der Waals surface area contributed by atoms with Crippen LogP contribution in [0.15, 0.2) is 18.3 Å². The average Bonchev–Trinajstić information content (AvgIpc) is 2.77. The lowest BCUT2D eigenvalue weighted by Crippen LogP contribution is -2.20. The number of anilines is 1. The van der Waals surface area contributed by atoms with Crippen LogP contribution in [0.25, 0.3) is 5.65 Å². The molecule has 92 valence electrons. The van der Waals surface area contributed by atoms with Crippen LogP contribution < -0.4 is 10.6 Å². The van der Waals surface area contributed by atoms with E-state index in [2.05, 4.69) is 29.0 Å². The normalized spacial score (nSPS) is 11.0. The van der Waals surface area contributed by atoms with E-state index in [9.17, 15) is 0 Å². The zero-order chi connectivity index (χ0) is 12.3. The van der Waals surface area contributed by atoms with Crippen LogP contribution in [0.5, 0.6) is 0 Å². The van der Waals surface area contributed by atoms with Gasteiger partial charge in [-0.25, -0.2) is 9.50 Å². The highest BCUT2D eigenvalue weighted by Gasteiger charge is 2.05. The second-order valence-electron chi connectivity index (χ2n) is 4.21. The summed E-state index contributed by atoms with van der Waals surface area (Å²) >= 11 is 0. The molecule has 0 bridgehead atoms. The number of fused-ring (bicyclic) bond motifs is 1. The first-order valence-corrected chi connectivity index (χ1v) is 6.01. The van der Waals surface area contributed by atoms with Crippen LogP contribution in [0.3, 0.4) is 0 Å². The molecule has 2 heterocycles. The molecule has 2 aromatic heterocycles. The summed E-state index contributed by atoms with van der Waals surface area (Å²) in [6.07, 6.45) is 4.25. The van der Waals surface area contributed by atoms with Crippen LogP contribution in [-0.4, -0.2) is 28.2 Å². The van der Waals surface area contributed by atoms with E-state index < -0.39 is 0 Å². The van der Waals surface area contributed by atoms with Gasteiger partial charge in [-0.3, -0.25) is 0 Å². The van der Waals surface area contributed by atoms with Crippen LogP contribution >= 0.6 is 0 Å². The standard InChI is InChI=1S/C12H19N5/c1-3-4-7-16(2)12-6-5-11-14-10(8-13)9-17(11)15-12/h5-6,9H,3-4,7-8,13H2,1-2H3. The lowest BCUT2D eigenvalue weighted by Gasteiger charge is -2.17. The Kier molecular flexibility index (Phi) is 3.58. The molecule has 0 amide bonds. The molecule has 0 spiro atoms. The van der Waals surface area contributed by atoms with Gasteiger partial charge in [0.15, 0.2) is 5.65 Å². The number of rotatable bonds is 5. The Morgan fingerprint density at radius 3 is 2.94 bits per heavy atom. The van der Waals surface area contributed by atoms with E-state index in [-0.39, 0.29) is 0 Å². The molecule has 2 N–H and O–H groups in total. The van der Waals surface area contributed by atoms with Gasteiger partial charge in [-0.1, -0.05) is 13.3 Å². The van der Waals surface area contributed by atoms with Crippen LogP contribution in [0.4, 0.5) is 5.82 Å². The molecule has 0 aliphatic heterocycles. The monoisotopic (exact) mass is 233 g/mol. The molecule has 0 aliphatic carbocycles. The van der Waals surface area contributed by atoms with Gasteiger partial charge in [0.2, 0.25) is 0 Å². The Hall–Kier alpha value is -1.62. The zero-order valence-corrected chi connectivity index (χ0v) is 10.4. The van der Waals surface area contributed by atoms with Crippen LogP contribution in [0, 0.1) is 0 Å². The lowest BCUT2D eigenvalue weighted by molar-refractivity contribution is 0.748. The smallest absolute Gasteiger partial charge is 0.153 e. The second-order valence-corrected chi connectivity index (χ2v) is 4.21. The number of nitrogens with zero attached hydrogens (tertiary/aromatic N) is 4. The summed E-state index contributed by atoms with van der Waals surface area (Å²) in [5, 5.41) is 4.52. The molecule has 17 heavy (non-hydrogen) atoms. The third-order valence-corrected chi connectivity index (χ3v) is 2.80. The van der Waals surface area contributed by atoms with E-state index in [0.29, 0.717) is 6.54 Å². The Labute approximate surface area is 101 Å². The minimum Gasteiger partial charge on any atom is -0.358 e. The van der Waals surface area contributed by atoms with Crippen molar-refractivity contribution in [2.75, 3.05) is 18.5 Å². The van der Waals surface area contributed by atoms with Crippen molar-refractivity contribution in [1.82, 2.24) is 14.6 Å². The van der Waals surface area contributed by atoms with Crippen molar-refractivity contribution in [3.63, 3.8) is 0 Å². The molecule has 0 aromatic carbocycles. The summed E-state index contributed by atoms with van der Waals surface area (Å²) in [7, 11) is 2.06. The lowest BCUT2D eigenvalue weighted by atomic mass is 10.3. The summed E-state index contributed by atoms with van der Waals surface area (Å²) < 4.78 is 1.79. The van der Waals surface area contributed by atoms with Crippen molar-refractivity contribution in [3.05, 3.63) is 24.0 Å². The maximum Gasteiger partial charge on any atom is 0.153 e. The largest absolute Gasteiger partial charge is 0.358 e. The first kappa shape index (κ1) is 11.9. The highest BCUT2D eigenvalue weighted by atomic mass is 15.3. The SMILES string of the molecule is CCCCN(C)c1ccc2nc(CN)cn2n1. The van der Waals surface area contributed by atoms with E-state index in [4.69, 9.17) is 5.73 Å². The van der Waals surface area contributed by atoms with E-state index in [1.807, 2.05) is 18.3 Å². The number of nitrogens with two attached hydrogens (primary N) is 1. The Balaban J connectivity index is 2.24. The van der Waals surface area contributed by atoms with Gasteiger partial charge in [-0.15, -0.1) is 5.10 Å². The van der Waals surface area contributed by atoms with Crippen LogP contribution in [0.1, 0.15) is 25.5 Å². The molecule has 2 aromatic rings. The third-order valence-electron chi connectivity index (χ3n) is 2.80. The van der Waals surface area contributed by atoms with Gasteiger partial charge in [0, 0.05) is 20.1 Å². The quantitative estimate of drug-likeness (QED) is 0.848. The van der Waals surface area contributed by atoms with E-state index in [0.717, 1.165) is 23.7 Å². The molecular weight excluding hydrogens is 214 g/mol. The number of hydrogen-bond acceptors (Lipinski definition) is 4. The fourth-order valence-corrected chi connectivity index (χ4v) is 1.73. The molecule has 0 saturated heterocycles. The van der Waals surface area contributed by atoms with Gasteiger partial charge >= 0.3 is 0 Å². The van der Waals surface area contributed by atoms with E-state index in [1.54, 1.807) is 4.52 Å². The first-order valence-electron chi connectivity index (χ1n) is 6.01. The highest BCUT2D eigenvalue weighted by Crippen LogP contribution is 2.11. The maximum atomic E-state index is 5.56. The predicted octanol–water partition coefficient (Wildman–Crippen LogP) is 1.42. The van der Waals surface area contributed by atoms with E-state index >= 15 is 0 Å². The van der Waals surface area contributed by atoms with Crippen molar-refractivity contribution in [1.29, 1.82) is 0 Å². The molecule has 2 rings (SSSR count). The number of unbranched alkanes of at least 4 members (excludes halogenated alkanes) is 1. The minimum absolute atomic E-state index is 0.449. The first-order chi connectivity index (χ1) is 8.24. The molecular formula is C12H19N5. The van der Waals surface area contributed by atoms with Gasteiger partial charge in [-0.2, -0.15) is 0 Å².